The number of anilines is 1. The van der Waals surface area contributed by atoms with Crippen molar-refractivity contribution in [1.82, 2.24) is 10.7 Å². The SMILES string of the molecule is CCOC(=O)NC(=O)C(=CNNc1c(Cl)cc(Cl)cc1Cl)C(=O)OCC. The van der Waals surface area contributed by atoms with E-state index in [4.69, 9.17) is 39.5 Å². The number of alkyl carbamates (subject to hydrolysis) is 1. The van der Waals surface area contributed by atoms with E-state index in [9.17, 15) is 14.4 Å². The molecule has 142 valence electrons. The Morgan fingerprint density at radius 3 is 2.15 bits per heavy atom. The van der Waals surface area contributed by atoms with Crippen molar-refractivity contribution >= 4 is 58.5 Å². The maximum atomic E-state index is 12.0. The molecule has 26 heavy (non-hydrogen) atoms. The molecule has 8 nitrogen and oxygen atoms in total. The Hall–Kier alpha value is -2.16. The highest BCUT2D eigenvalue weighted by Gasteiger charge is 2.22. The minimum Gasteiger partial charge on any atom is -0.462 e. The van der Waals surface area contributed by atoms with E-state index in [2.05, 4.69) is 15.6 Å². The van der Waals surface area contributed by atoms with Gasteiger partial charge in [-0.25, -0.2) is 9.59 Å². The Bertz CT molecular complexity index is 701. The summed E-state index contributed by atoms with van der Waals surface area (Å²) in [7, 11) is 0. The third kappa shape index (κ3) is 6.62. The Balaban J connectivity index is 2.92. The van der Waals surface area contributed by atoms with Gasteiger partial charge in [0.2, 0.25) is 0 Å². The molecule has 0 saturated heterocycles. The summed E-state index contributed by atoms with van der Waals surface area (Å²) < 4.78 is 9.36. The number of benzene rings is 1. The summed E-state index contributed by atoms with van der Waals surface area (Å²) in [5, 5.41) is 2.64. The van der Waals surface area contributed by atoms with Crippen LogP contribution in [0.25, 0.3) is 0 Å². The van der Waals surface area contributed by atoms with Crippen molar-refractivity contribution in [3.8, 4) is 0 Å². The number of imide groups is 1. The van der Waals surface area contributed by atoms with E-state index in [0.29, 0.717) is 5.02 Å². The van der Waals surface area contributed by atoms with Crippen molar-refractivity contribution in [2.45, 2.75) is 13.8 Å². The topological polar surface area (TPSA) is 106 Å². The minimum absolute atomic E-state index is 0.0329. The van der Waals surface area contributed by atoms with Gasteiger partial charge in [-0.05, 0) is 26.0 Å². The number of esters is 1. The van der Waals surface area contributed by atoms with Crippen molar-refractivity contribution in [1.29, 1.82) is 0 Å². The molecule has 0 aliphatic heterocycles. The van der Waals surface area contributed by atoms with Gasteiger partial charge in [-0.15, -0.1) is 0 Å². The second-order valence-electron chi connectivity index (χ2n) is 4.47. The second-order valence-corrected chi connectivity index (χ2v) is 5.72. The molecular weight excluding hydrogens is 409 g/mol. The lowest BCUT2D eigenvalue weighted by Crippen LogP contribution is -2.36. The van der Waals surface area contributed by atoms with Gasteiger partial charge in [0.05, 0.1) is 28.9 Å². The molecule has 0 aromatic heterocycles. The molecule has 1 rings (SSSR count). The molecule has 0 fully saturated rings. The third-order valence-electron chi connectivity index (χ3n) is 2.65. The van der Waals surface area contributed by atoms with Crippen LogP contribution in [0.2, 0.25) is 15.1 Å². The first-order valence-electron chi connectivity index (χ1n) is 7.31. The summed E-state index contributed by atoms with van der Waals surface area (Å²) >= 11 is 17.8. The highest BCUT2D eigenvalue weighted by Crippen LogP contribution is 2.33. The second kappa shape index (κ2) is 10.7. The first-order chi connectivity index (χ1) is 12.3. The van der Waals surface area contributed by atoms with E-state index in [0.717, 1.165) is 6.20 Å². The lowest BCUT2D eigenvalue weighted by atomic mass is 10.2. The average Bonchev–Trinajstić information content (AvgIpc) is 2.53. The van der Waals surface area contributed by atoms with Crippen LogP contribution in [-0.4, -0.2) is 31.2 Å². The molecule has 0 heterocycles. The standard InChI is InChI=1S/C15H16Cl3N3O5/c1-3-25-14(23)9(13(22)20-15(24)26-4-2)7-19-21-12-10(17)5-8(16)6-11(12)18/h5-7,19,21H,3-4H2,1-2H3,(H,20,22,24). The number of hydrogen-bond donors (Lipinski definition) is 3. The fraction of sp³-hybridized carbons (Fsp3) is 0.267. The zero-order chi connectivity index (χ0) is 19.7. The van der Waals surface area contributed by atoms with Crippen LogP contribution >= 0.6 is 34.8 Å². The summed E-state index contributed by atoms with van der Waals surface area (Å²) in [6.45, 7) is 3.23. The molecule has 0 bridgehead atoms. The molecule has 0 atom stereocenters. The Labute approximate surface area is 164 Å². The maximum absolute atomic E-state index is 12.0. The van der Waals surface area contributed by atoms with Crippen molar-refractivity contribution in [2.75, 3.05) is 18.6 Å². The molecule has 2 amide bonds. The quantitative estimate of drug-likeness (QED) is 0.203. The summed E-state index contributed by atoms with van der Waals surface area (Å²) in [4.78, 5) is 35.3. The highest BCUT2D eigenvalue weighted by atomic mass is 35.5. The van der Waals surface area contributed by atoms with E-state index in [1.165, 1.54) is 12.1 Å². The summed E-state index contributed by atoms with van der Waals surface area (Å²) in [5.41, 5.74) is 4.90. The van der Waals surface area contributed by atoms with E-state index in [1.807, 2.05) is 5.32 Å². The van der Waals surface area contributed by atoms with Gasteiger partial charge in [0.1, 0.15) is 5.57 Å². The fourth-order valence-electron chi connectivity index (χ4n) is 1.60. The lowest BCUT2D eigenvalue weighted by molar-refractivity contribution is -0.140. The van der Waals surface area contributed by atoms with Crippen LogP contribution in [0.4, 0.5) is 10.5 Å². The summed E-state index contributed by atoms with van der Waals surface area (Å²) in [5.74, 6) is -1.96. The number of nitrogens with one attached hydrogen (secondary N) is 3. The Kier molecular flexibility index (Phi) is 9.04. The largest absolute Gasteiger partial charge is 0.462 e. The summed E-state index contributed by atoms with van der Waals surface area (Å²) in [6, 6.07) is 2.89. The number of amides is 2. The summed E-state index contributed by atoms with van der Waals surface area (Å²) in [6.07, 6.45) is -0.00202. The molecule has 0 unspecified atom stereocenters. The van der Waals surface area contributed by atoms with Gasteiger partial charge in [-0.3, -0.25) is 15.5 Å². The number of ether oxygens (including phenoxy) is 2. The van der Waals surface area contributed by atoms with Gasteiger partial charge in [-0.2, -0.15) is 0 Å². The minimum atomic E-state index is -1.01. The van der Waals surface area contributed by atoms with Crippen molar-refractivity contribution in [3.63, 3.8) is 0 Å². The molecule has 1 aromatic carbocycles. The molecule has 0 saturated carbocycles. The van der Waals surface area contributed by atoms with Crippen LogP contribution in [0.1, 0.15) is 13.8 Å². The lowest BCUT2D eigenvalue weighted by Gasteiger charge is -2.12. The zero-order valence-corrected chi connectivity index (χ0v) is 16.1. The molecule has 0 spiro atoms. The number of halogens is 3. The molecule has 0 radical (unpaired) electrons. The fourth-order valence-corrected chi connectivity index (χ4v) is 2.51. The van der Waals surface area contributed by atoms with Crippen molar-refractivity contribution < 1.29 is 23.9 Å². The van der Waals surface area contributed by atoms with Gasteiger partial charge < -0.3 is 14.9 Å². The molecule has 0 aliphatic carbocycles. The van der Waals surface area contributed by atoms with Crippen LogP contribution in [0, 0.1) is 0 Å². The first-order valence-corrected chi connectivity index (χ1v) is 8.45. The number of carbonyl (C=O) groups is 3. The number of carbonyl (C=O) groups excluding carboxylic acids is 3. The monoisotopic (exact) mass is 423 g/mol. The van der Waals surface area contributed by atoms with E-state index < -0.39 is 23.5 Å². The van der Waals surface area contributed by atoms with Crippen molar-refractivity contribution in [2.24, 2.45) is 0 Å². The van der Waals surface area contributed by atoms with Crippen LogP contribution < -0.4 is 16.2 Å². The molecule has 3 N–H and O–H groups in total. The molecule has 0 aliphatic rings. The number of hydrazine groups is 1. The third-order valence-corrected chi connectivity index (χ3v) is 3.47. The van der Waals surface area contributed by atoms with Gasteiger partial charge in [0, 0.05) is 11.2 Å². The maximum Gasteiger partial charge on any atom is 0.414 e. The predicted octanol–water partition coefficient (Wildman–Crippen LogP) is 3.28. The smallest absolute Gasteiger partial charge is 0.414 e. The van der Waals surface area contributed by atoms with E-state index >= 15 is 0 Å². The van der Waals surface area contributed by atoms with Gasteiger partial charge in [-0.1, -0.05) is 34.8 Å². The zero-order valence-electron chi connectivity index (χ0n) is 13.8. The number of hydrogen-bond acceptors (Lipinski definition) is 7. The van der Waals surface area contributed by atoms with E-state index in [-0.39, 0.29) is 28.9 Å². The predicted molar refractivity (Wildman–Crippen MR) is 98.1 cm³/mol. The van der Waals surface area contributed by atoms with Crippen LogP contribution in [0.3, 0.4) is 0 Å². The van der Waals surface area contributed by atoms with Gasteiger partial charge in [0.25, 0.3) is 5.91 Å². The highest BCUT2D eigenvalue weighted by molar-refractivity contribution is 6.41. The number of rotatable bonds is 7. The molecule has 1 aromatic rings. The van der Waals surface area contributed by atoms with Crippen LogP contribution in [0.5, 0.6) is 0 Å². The van der Waals surface area contributed by atoms with E-state index in [1.54, 1.807) is 13.8 Å². The average molecular weight is 425 g/mol. The van der Waals surface area contributed by atoms with Gasteiger partial charge in [0.15, 0.2) is 0 Å². The normalized spacial score (nSPS) is 10.7. The van der Waals surface area contributed by atoms with Crippen LogP contribution in [-0.2, 0) is 19.1 Å². The molecule has 11 heteroatoms. The van der Waals surface area contributed by atoms with Crippen LogP contribution in [0.15, 0.2) is 23.9 Å². The van der Waals surface area contributed by atoms with Gasteiger partial charge >= 0.3 is 12.1 Å². The van der Waals surface area contributed by atoms with Crippen molar-refractivity contribution in [3.05, 3.63) is 39.0 Å². The first kappa shape index (κ1) is 21.9. The Morgan fingerprint density at radius 2 is 1.62 bits per heavy atom. The molecular formula is C15H16Cl3N3O5. The Morgan fingerprint density at radius 1 is 1.04 bits per heavy atom.